The number of likely N-dealkylation sites (N-methyl/N-ethyl adjacent to an activating group) is 1. The van der Waals surface area contributed by atoms with Crippen molar-refractivity contribution in [3.05, 3.63) is 96.1 Å². The largest absolute Gasteiger partial charge is 0.497 e. The maximum Gasteiger partial charge on any atom is 0.120 e. The van der Waals surface area contributed by atoms with Crippen molar-refractivity contribution in [2.24, 2.45) is 5.92 Å². The molecule has 3 aromatic carbocycles. The second-order valence-electron chi connectivity index (χ2n) is 8.97. The van der Waals surface area contributed by atoms with E-state index in [4.69, 9.17) is 4.74 Å². The van der Waals surface area contributed by atoms with Gasteiger partial charge in [0.05, 0.1) is 7.11 Å². The van der Waals surface area contributed by atoms with Crippen LogP contribution in [0.1, 0.15) is 29.9 Å². The number of fused-ring (bicyclic) bond motifs is 3. The minimum atomic E-state index is 0.351. The van der Waals surface area contributed by atoms with E-state index in [-0.39, 0.29) is 0 Å². The van der Waals surface area contributed by atoms with Crippen LogP contribution < -0.4 is 9.64 Å². The number of nitrogens with zero attached hydrogens (tertiary/aromatic N) is 2. The molecule has 160 valence electrons. The van der Waals surface area contributed by atoms with Crippen LogP contribution in [0.5, 0.6) is 5.75 Å². The van der Waals surface area contributed by atoms with Gasteiger partial charge in [0.25, 0.3) is 0 Å². The predicted molar refractivity (Wildman–Crippen MR) is 128 cm³/mol. The topological polar surface area (TPSA) is 15.7 Å². The van der Waals surface area contributed by atoms with Gasteiger partial charge in [-0.15, -0.1) is 0 Å². The van der Waals surface area contributed by atoms with Gasteiger partial charge in [-0.2, -0.15) is 0 Å². The van der Waals surface area contributed by atoms with E-state index in [1.807, 2.05) is 6.07 Å². The SMILES string of the molecule is COc1cccc(N(C)[C@@H]2C3CCN(CC3)[C@@H]2C(c2ccccc2)c2ccccc2)c1. The summed E-state index contributed by atoms with van der Waals surface area (Å²) in [6.07, 6.45) is 2.57. The van der Waals surface area contributed by atoms with Crippen molar-refractivity contribution in [2.75, 3.05) is 32.1 Å². The average molecular weight is 413 g/mol. The molecule has 31 heavy (non-hydrogen) atoms. The molecule has 0 aromatic heterocycles. The van der Waals surface area contributed by atoms with E-state index in [1.54, 1.807) is 7.11 Å². The summed E-state index contributed by atoms with van der Waals surface area (Å²) < 4.78 is 5.53. The molecule has 3 aromatic rings. The Morgan fingerprint density at radius 2 is 1.45 bits per heavy atom. The smallest absolute Gasteiger partial charge is 0.120 e. The van der Waals surface area contributed by atoms with Gasteiger partial charge in [-0.25, -0.2) is 0 Å². The number of rotatable bonds is 6. The Morgan fingerprint density at radius 1 is 0.839 bits per heavy atom. The third-order valence-corrected chi connectivity index (χ3v) is 7.40. The molecule has 3 saturated heterocycles. The monoisotopic (exact) mass is 412 g/mol. The molecular formula is C28H32N2O. The number of piperidine rings is 3. The van der Waals surface area contributed by atoms with Crippen LogP contribution in [0.15, 0.2) is 84.9 Å². The zero-order chi connectivity index (χ0) is 21.2. The summed E-state index contributed by atoms with van der Waals surface area (Å²) in [5.74, 6) is 1.98. The number of anilines is 1. The Balaban J connectivity index is 1.59. The number of hydrogen-bond donors (Lipinski definition) is 0. The molecule has 3 aliphatic rings. The molecule has 3 aliphatic heterocycles. The molecule has 0 radical (unpaired) electrons. The fourth-order valence-electron chi connectivity index (χ4n) is 5.92. The number of ether oxygens (including phenoxy) is 1. The van der Waals surface area contributed by atoms with Gasteiger partial charge in [0.15, 0.2) is 0 Å². The maximum absolute atomic E-state index is 5.53. The van der Waals surface area contributed by atoms with E-state index in [1.165, 1.54) is 42.7 Å². The second-order valence-corrected chi connectivity index (χ2v) is 8.97. The van der Waals surface area contributed by atoms with Crippen LogP contribution >= 0.6 is 0 Å². The molecule has 2 bridgehead atoms. The van der Waals surface area contributed by atoms with Crippen LogP contribution in [-0.2, 0) is 0 Å². The van der Waals surface area contributed by atoms with Gasteiger partial charge in [0, 0.05) is 36.8 Å². The number of benzene rings is 3. The molecule has 0 N–H and O–H groups in total. The highest BCUT2D eigenvalue weighted by atomic mass is 16.5. The molecule has 0 unspecified atom stereocenters. The quantitative estimate of drug-likeness (QED) is 0.537. The van der Waals surface area contributed by atoms with Gasteiger partial charge in [-0.05, 0) is 55.1 Å². The molecule has 0 saturated carbocycles. The van der Waals surface area contributed by atoms with Crippen LogP contribution in [-0.4, -0.2) is 44.2 Å². The second kappa shape index (κ2) is 8.76. The lowest BCUT2D eigenvalue weighted by Crippen LogP contribution is -2.65. The molecule has 3 heterocycles. The number of hydrogen-bond acceptors (Lipinski definition) is 3. The predicted octanol–water partition coefficient (Wildman–Crippen LogP) is 5.43. The van der Waals surface area contributed by atoms with Crippen LogP contribution in [0.2, 0.25) is 0 Å². The Hall–Kier alpha value is -2.78. The van der Waals surface area contributed by atoms with Gasteiger partial charge in [0.2, 0.25) is 0 Å². The standard InChI is InChI=1S/C28H32N2O/c1-29(24-14-9-15-25(20-24)31-2)27-23-16-18-30(19-17-23)28(27)26(21-10-5-3-6-11-21)22-12-7-4-8-13-22/h3-15,20,23,26-28H,16-19H2,1-2H3/t27-,28-/m1/s1. The lowest BCUT2D eigenvalue weighted by molar-refractivity contribution is 0.0186. The van der Waals surface area contributed by atoms with Crippen molar-refractivity contribution >= 4 is 5.69 Å². The van der Waals surface area contributed by atoms with Crippen molar-refractivity contribution in [1.29, 1.82) is 0 Å². The Kier molecular flexibility index (Phi) is 5.69. The first kappa shape index (κ1) is 20.1. The third-order valence-electron chi connectivity index (χ3n) is 7.40. The molecule has 6 rings (SSSR count). The highest BCUT2D eigenvalue weighted by molar-refractivity contribution is 5.52. The average Bonchev–Trinajstić information content (AvgIpc) is 2.86. The number of methoxy groups -OCH3 is 1. The van der Waals surface area contributed by atoms with Crippen molar-refractivity contribution < 1.29 is 4.74 Å². The highest BCUT2D eigenvalue weighted by Gasteiger charge is 2.48. The Labute approximate surface area is 186 Å². The molecule has 3 nitrogen and oxygen atoms in total. The van der Waals surface area contributed by atoms with Crippen molar-refractivity contribution in [1.82, 2.24) is 4.90 Å². The molecule has 0 aliphatic carbocycles. The first-order chi connectivity index (χ1) is 15.3. The van der Waals surface area contributed by atoms with Crippen molar-refractivity contribution in [3.63, 3.8) is 0 Å². The first-order valence-electron chi connectivity index (χ1n) is 11.5. The van der Waals surface area contributed by atoms with E-state index in [2.05, 4.69) is 95.7 Å². The van der Waals surface area contributed by atoms with Gasteiger partial charge >= 0.3 is 0 Å². The molecule has 0 amide bonds. The zero-order valence-electron chi connectivity index (χ0n) is 18.5. The highest BCUT2D eigenvalue weighted by Crippen LogP contribution is 2.44. The van der Waals surface area contributed by atoms with Crippen molar-refractivity contribution in [3.8, 4) is 5.75 Å². The van der Waals surface area contributed by atoms with E-state index < -0.39 is 0 Å². The fraction of sp³-hybridized carbons (Fsp3) is 0.357. The molecule has 0 spiro atoms. The van der Waals surface area contributed by atoms with Gasteiger partial charge in [0.1, 0.15) is 5.75 Å². The minimum Gasteiger partial charge on any atom is -0.497 e. The summed E-state index contributed by atoms with van der Waals surface area (Å²) in [6.45, 7) is 2.40. The minimum absolute atomic E-state index is 0.351. The van der Waals surface area contributed by atoms with E-state index in [0.29, 0.717) is 23.9 Å². The van der Waals surface area contributed by atoms with E-state index in [0.717, 1.165) is 5.75 Å². The lowest BCUT2D eigenvalue weighted by Gasteiger charge is -2.56. The van der Waals surface area contributed by atoms with Crippen LogP contribution in [0.4, 0.5) is 5.69 Å². The maximum atomic E-state index is 5.53. The summed E-state index contributed by atoms with van der Waals surface area (Å²) >= 11 is 0. The molecule has 2 atom stereocenters. The van der Waals surface area contributed by atoms with Gasteiger partial charge < -0.3 is 9.64 Å². The third kappa shape index (κ3) is 3.83. The van der Waals surface area contributed by atoms with E-state index >= 15 is 0 Å². The fourth-order valence-corrected chi connectivity index (χ4v) is 5.92. The molecule has 3 fully saturated rings. The summed E-state index contributed by atoms with van der Waals surface area (Å²) in [5.41, 5.74) is 4.06. The first-order valence-corrected chi connectivity index (χ1v) is 11.5. The van der Waals surface area contributed by atoms with Crippen LogP contribution in [0.25, 0.3) is 0 Å². The lowest BCUT2D eigenvalue weighted by atomic mass is 9.70. The Morgan fingerprint density at radius 3 is 2.03 bits per heavy atom. The summed E-state index contributed by atoms with van der Waals surface area (Å²) in [4.78, 5) is 5.29. The summed E-state index contributed by atoms with van der Waals surface area (Å²) in [5, 5.41) is 0. The molecule has 3 heteroatoms. The van der Waals surface area contributed by atoms with Crippen LogP contribution in [0, 0.1) is 5.92 Å². The van der Waals surface area contributed by atoms with Gasteiger partial charge in [-0.1, -0.05) is 66.7 Å². The summed E-state index contributed by atoms with van der Waals surface area (Å²) in [6, 6.07) is 31.6. The molecular weight excluding hydrogens is 380 g/mol. The Bertz CT molecular complexity index is 943. The zero-order valence-corrected chi connectivity index (χ0v) is 18.5. The van der Waals surface area contributed by atoms with Crippen LogP contribution in [0.3, 0.4) is 0 Å². The van der Waals surface area contributed by atoms with Gasteiger partial charge in [-0.3, -0.25) is 4.90 Å². The van der Waals surface area contributed by atoms with Crippen molar-refractivity contribution in [2.45, 2.75) is 30.8 Å². The normalized spacial score (nSPS) is 24.9. The van der Waals surface area contributed by atoms with E-state index in [9.17, 15) is 0 Å². The summed E-state index contributed by atoms with van der Waals surface area (Å²) in [7, 11) is 4.03.